The Morgan fingerprint density at radius 3 is 2.41 bits per heavy atom. The average Bonchev–Trinajstić information content (AvgIpc) is 3.35. The van der Waals surface area contributed by atoms with Gasteiger partial charge in [0.2, 0.25) is 17.7 Å². The van der Waals surface area contributed by atoms with E-state index >= 15 is 0 Å². The highest BCUT2D eigenvalue weighted by Gasteiger charge is 2.61. The molecule has 1 aliphatic heterocycles. The van der Waals surface area contributed by atoms with Crippen LogP contribution in [-0.4, -0.2) is 92.6 Å². The summed E-state index contributed by atoms with van der Waals surface area (Å²) in [4.78, 5) is 77.0. The first-order valence-electron chi connectivity index (χ1n) is 17.6. The topological polar surface area (TPSA) is 201 Å². The number of nitrogens with one attached hydrogen (secondary N) is 4. The van der Waals surface area contributed by atoms with Gasteiger partial charge in [0, 0.05) is 48.0 Å². The van der Waals surface area contributed by atoms with Crippen LogP contribution in [-0.2, 0) is 19.2 Å². The molecule has 3 aromatic rings. The lowest BCUT2D eigenvalue weighted by Crippen LogP contribution is -2.61. The number of carboxylic acids is 1. The number of anilines is 1. The number of ether oxygens (including phenoxy) is 2. The number of pyridine rings is 1. The van der Waals surface area contributed by atoms with E-state index in [-0.39, 0.29) is 25.3 Å². The molecule has 0 spiro atoms. The summed E-state index contributed by atoms with van der Waals surface area (Å²) in [5, 5.41) is 22.2. The fourth-order valence-corrected chi connectivity index (χ4v) is 7.44. The Hall–Kier alpha value is -5.25. The number of amides is 5. The van der Waals surface area contributed by atoms with E-state index < -0.39 is 64.4 Å². The van der Waals surface area contributed by atoms with E-state index in [1.54, 1.807) is 25.4 Å². The van der Waals surface area contributed by atoms with Crippen molar-refractivity contribution in [2.45, 2.75) is 97.5 Å². The second kappa shape index (κ2) is 14.9. The molecule has 0 radical (unpaired) electrons. The summed E-state index contributed by atoms with van der Waals surface area (Å²) in [6, 6.07) is 2.62. The molecule has 3 heterocycles. The van der Waals surface area contributed by atoms with Crippen LogP contribution in [0, 0.1) is 18.3 Å². The highest BCUT2D eigenvalue weighted by atomic mass is 32.1. The summed E-state index contributed by atoms with van der Waals surface area (Å²) in [5.41, 5.74) is -1.04. The third kappa shape index (κ3) is 8.43. The van der Waals surface area contributed by atoms with Crippen LogP contribution in [0.5, 0.6) is 11.5 Å². The summed E-state index contributed by atoms with van der Waals surface area (Å²) in [6.07, 6.45) is 2.56. The zero-order chi connectivity index (χ0) is 39.9. The number of hydrogen-bond acceptors (Lipinski definition) is 10. The van der Waals surface area contributed by atoms with Gasteiger partial charge in [-0.05, 0) is 51.7 Å². The summed E-state index contributed by atoms with van der Waals surface area (Å²) >= 11 is 1.23. The van der Waals surface area contributed by atoms with E-state index in [1.165, 1.54) is 29.2 Å². The Kier molecular flexibility index (Phi) is 11.0. The number of carboxylic acid groups (broad SMARTS) is 1. The molecular formula is C38H49N7O8S. The van der Waals surface area contributed by atoms with Crippen molar-refractivity contribution in [3.05, 3.63) is 42.6 Å². The van der Waals surface area contributed by atoms with Gasteiger partial charge in [0.1, 0.15) is 35.2 Å². The Morgan fingerprint density at radius 2 is 1.83 bits per heavy atom. The summed E-state index contributed by atoms with van der Waals surface area (Å²) < 4.78 is 12.3. The van der Waals surface area contributed by atoms with Gasteiger partial charge in [0.15, 0.2) is 5.13 Å². The van der Waals surface area contributed by atoms with Gasteiger partial charge in [0.25, 0.3) is 0 Å². The molecule has 1 aliphatic carbocycles. The lowest BCUT2D eigenvalue weighted by molar-refractivity contribution is -0.146. The van der Waals surface area contributed by atoms with Crippen LogP contribution < -0.4 is 30.7 Å². The van der Waals surface area contributed by atoms with Gasteiger partial charge in [-0.15, -0.1) is 6.58 Å². The van der Waals surface area contributed by atoms with E-state index in [4.69, 9.17) is 14.5 Å². The molecule has 5 N–H and O–H groups in total. The molecule has 2 fully saturated rings. The van der Waals surface area contributed by atoms with E-state index in [0.29, 0.717) is 38.1 Å². The molecular weight excluding hydrogens is 715 g/mol. The monoisotopic (exact) mass is 763 g/mol. The fourth-order valence-electron chi connectivity index (χ4n) is 6.62. The van der Waals surface area contributed by atoms with Crippen molar-refractivity contribution in [3.8, 4) is 22.1 Å². The zero-order valence-corrected chi connectivity index (χ0v) is 32.9. The molecule has 5 amide bonds. The van der Waals surface area contributed by atoms with Crippen LogP contribution in [0.3, 0.4) is 0 Å². The molecule has 1 saturated heterocycles. The van der Waals surface area contributed by atoms with Crippen LogP contribution in [0.1, 0.15) is 66.9 Å². The van der Waals surface area contributed by atoms with Gasteiger partial charge < -0.3 is 40.7 Å². The predicted octanol–water partition coefficient (Wildman–Crippen LogP) is 4.64. The number of rotatable bonds is 11. The van der Waals surface area contributed by atoms with Crippen molar-refractivity contribution in [1.29, 1.82) is 0 Å². The number of fused-ring (bicyclic) bond motifs is 1. The van der Waals surface area contributed by atoms with Crippen LogP contribution in [0.15, 0.2) is 37.1 Å². The highest BCUT2D eigenvalue weighted by Crippen LogP contribution is 2.45. The molecule has 1 saturated carbocycles. The minimum atomic E-state index is -1.53. The molecule has 0 bridgehead atoms. The molecule has 16 heteroatoms. The van der Waals surface area contributed by atoms with Crippen LogP contribution in [0.25, 0.3) is 21.5 Å². The minimum Gasteiger partial charge on any atom is -0.496 e. The summed E-state index contributed by atoms with van der Waals surface area (Å²) in [6.45, 7) is 17.8. The minimum absolute atomic E-state index is 0.0264. The molecule has 2 aliphatic rings. The van der Waals surface area contributed by atoms with Gasteiger partial charge in [-0.25, -0.2) is 19.6 Å². The first-order valence-corrected chi connectivity index (χ1v) is 18.4. The third-order valence-corrected chi connectivity index (χ3v) is 10.4. The van der Waals surface area contributed by atoms with Crippen molar-refractivity contribution in [1.82, 2.24) is 30.8 Å². The predicted molar refractivity (Wildman–Crippen MR) is 204 cm³/mol. The third-order valence-electron chi connectivity index (χ3n) is 9.45. The maximum absolute atomic E-state index is 14.5. The molecule has 5 atom stereocenters. The summed E-state index contributed by atoms with van der Waals surface area (Å²) in [7, 11) is 1.56. The number of aromatic nitrogens is 2. The number of thiazole rings is 1. The number of aliphatic carboxylic acids is 1. The van der Waals surface area contributed by atoms with Crippen LogP contribution >= 0.6 is 11.3 Å². The lowest BCUT2D eigenvalue weighted by atomic mass is 9.85. The molecule has 15 nitrogen and oxygen atoms in total. The van der Waals surface area contributed by atoms with Gasteiger partial charge in [-0.2, -0.15) is 0 Å². The van der Waals surface area contributed by atoms with Gasteiger partial charge in [-0.3, -0.25) is 14.4 Å². The quantitative estimate of drug-likeness (QED) is 0.171. The largest absolute Gasteiger partial charge is 0.496 e. The standard InChI is InChI=1S/C38H49N7O8S/c1-11-21-16-38(21,33(49)50)43-31(47)25-14-22(18-45(25)32(48)30(36(4,5)6)42-34(51)44-37(7,8)9)53-27-15-24(28-17-39-35(54-28)40-20(3)46)41-29-19(2)26(52-10)13-12-23(27)29/h11-13,15,17,21-22,25,30H,1,14,16,18H2,2-10H3,(H,43,47)(H,49,50)(H,39,40,46)(H2,42,44,51)/t21-,22-,25+,30-,38-/m1/s1. The number of aryl methyl sites for hydroxylation is 1. The number of carbonyl (C=O) groups is 5. The average molecular weight is 764 g/mol. The number of methoxy groups -OCH3 is 1. The second-order valence-corrected chi connectivity index (χ2v) is 17.0. The Balaban J connectivity index is 1.54. The molecule has 290 valence electrons. The smallest absolute Gasteiger partial charge is 0.330 e. The van der Waals surface area contributed by atoms with Crippen LogP contribution in [0.4, 0.5) is 9.93 Å². The first kappa shape index (κ1) is 39.9. The second-order valence-electron chi connectivity index (χ2n) is 15.9. The van der Waals surface area contributed by atoms with Gasteiger partial charge in [-0.1, -0.05) is 38.2 Å². The Bertz CT molecular complexity index is 2000. The van der Waals surface area contributed by atoms with Crippen molar-refractivity contribution < 1.29 is 38.6 Å². The maximum atomic E-state index is 14.5. The molecule has 2 aromatic heterocycles. The molecule has 54 heavy (non-hydrogen) atoms. The number of carbonyl (C=O) groups excluding carboxylic acids is 4. The highest BCUT2D eigenvalue weighted by molar-refractivity contribution is 7.19. The van der Waals surface area contributed by atoms with Crippen molar-refractivity contribution in [2.75, 3.05) is 19.0 Å². The first-order chi connectivity index (χ1) is 25.2. The summed E-state index contributed by atoms with van der Waals surface area (Å²) in [5.74, 6) is -2.07. The number of likely N-dealkylation sites (tertiary alicyclic amines) is 1. The van der Waals surface area contributed by atoms with Crippen molar-refractivity contribution in [2.24, 2.45) is 11.3 Å². The number of benzene rings is 1. The zero-order valence-electron chi connectivity index (χ0n) is 32.1. The van der Waals surface area contributed by atoms with Crippen molar-refractivity contribution >= 4 is 57.1 Å². The SMILES string of the molecule is C=C[C@@H]1C[C@]1(NC(=O)[C@@H]1C[C@@H](Oc2cc(-c3cnc(NC(C)=O)s3)nc3c(C)c(OC)ccc23)CN1C(=O)[C@@H](NC(=O)NC(C)(C)C)C(C)(C)C)C(=O)O. The Morgan fingerprint density at radius 1 is 1.13 bits per heavy atom. The fraction of sp³-hybridized carbons (Fsp3) is 0.500. The normalized spacial score (nSPS) is 21.5. The number of urea groups is 1. The molecule has 5 rings (SSSR count). The maximum Gasteiger partial charge on any atom is 0.330 e. The number of nitrogens with zero attached hydrogens (tertiary/aromatic N) is 3. The molecule has 0 unspecified atom stereocenters. The lowest BCUT2D eigenvalue weighted by Gasteiger charge is -2.36. The van der Waals surface area contributed by atoms with E-state index in [1.807, 2.05) is 54.5 Å². The van der Waals surface area contributed by atoms with Gasteiger partial charge in [0.05, 0.1) is 29.7 Å². The van der Waals surface area contributed by atoms with E-state index in [2.05, 4.69) is 32.8 Å². The Labute approximate surface area is 318 Å². The van der Waals surface area contributed by atoms with Crippen molar-refractivity contribution in [3.63, 3.8) is 0 Å². The number of hydrogen-bond donors (Lipinski definition) is 5. The molecule has 1 aromatic carbocycles. The van der Waals surface area contributed by atoms with Gasteiger partial charge >= 0.3 is 12.0 Å². The van der Waals surface area contributed by atoms with E-state index in [9.17, 15) is 29.1 Å². The van der Waals surface area contributed by atoms with E-state index in [0.717, 1.165) is 5.56 Å². The van der Waals surface area contributed by atoms with Crippen LogP contribution in [0.2, 0.25) is 0 Å².